The number of benzene rings is 1. The Morgan fingerprint density at radius 2 is 1.82 bits per heavy atom. The maximum absolute atomic E-state index is 11.8. The van der Waals surface area contributed by atoms with Crippen LogP contribution >= 0.6 is 0 Å². The maximum Gasteiger partial charge on any atom is 0.253 e. The van der Waals surface area contributed by atoms with Gasteiger partial charge >= 0.3 is 0 Å². The van der Waals surface area contributed by atoms with Gasteiger partial charge in [-0.25, -0.2) is 8.42 Å². The van der Waals surface area contributed by atoms with Gasteiger partial charge in [0, 0.05) is 24.6 Å². The fourth-order valence-electron chi connectivity index (χ4n) is 2.04. The van der Waals surface area contributed by atoms with Gasteiger partial charge in [0.15, 0.2) is 9.84 Å². The Balaban J connectivity index is 1.87. The van der Waals surface area contributed by atoms with Gasteiger partial charge < -0.3 is 9.30 Å². The van der Waals surface area contributed by atoms with Crippen LogP contribution in [0.1, 0.15) is 12.0 Å². The first-order valence-electron chi connectivity index (χ1n) is 6.97. The molecule has 0 unspecified atom stereocenters. The standard InChI is InChI=1S/C16H19NO4S/c1-13-5-3-10-17(16(13)18)11-4-12-21-14-6-8-15(9-7-14)22(2,19)20/h3,5-10H,4,11-12H2,1-2H3. The van der Waals surface area contributed by atoms with Crippen molar-refractivity contribution >= 4 is 9.84 Å². The van der Waals surface area contributed by atoms with Gasteiger partial charge in [-0.3, -0.25) is 4.79 Å². The Labute approximate surface area is 130 Å². The van der Waals surface area contributed by atoms with Gasteiger partial charge in [-0.1, -0.05) is 6.07 Å². The molecular weight excluding hydrogens is 302 g/mol. The second-order valence-corrected chi connectivity index (χ2v) is 7.15. The van der Waals surface area contributed by atoms with Gasteiger partial charge in [-0.15, -0.1) is 0 Å². The van der Waals surface area contributed by atoms with E-state index in [1.54, 1.807) is 35.9 Å². The van der Waals surface area contributed by atoms with E-state index in [4.69, 9.17) is 4.74 Å². The summed E-state index contributed by atoms with van der Waals surface area (Å²) >= 11 is 0. The van der Waals surface area contributed by atoms with Crippen LogP contribution in [0, 0.1) is 6.92 Å². The van der Waals surface area contributed by atoms with Crippen LogP contribution in [0.2, 0.25) is 0 Å². The maximum atomic E-state index is 11.8. The smallest absolute Gasteiger partial charge is 0.253 e. The molecule has 0 aliphatic heterocycles. The van der Waals surface area contributed by atoms with Gasteiger partial charge in [0.1, 0.15) is 5.75 Å². The summed E-state index contributed by atoms with van der Waals surface area (Å²) in [5.74, 6) is 0.615. The SMILES string of the molecule is Cc1cccn(CCCOc2ccc(S(C)(=O)=O)cc2)c1=O. The molecule has 1 heterocycles. The normalized spacial score (nSPS) is 11.4. The minimum atomic E-state index is -3.18. The predicted molar refractivity (Wildman–Crippen MR) is 85.1 cm³/mol. The monoisotopic (exact) mass is 321 g/mol. The molecule has 6 heteroatoms. The van der Waals surface area contributed by atoms with E-state index in [0.717, 1.165) is 5.56 Å². The van der Waals surface area contributed by atoms with Gasteiger partial charge in [0.2, 0.25) is 0 Å². The van der Waals surface area contributed by atoms with Crippen LogP contribution < -0.4 is 10.3 Å². The third kappa shape index (κ3) is 4.21. The summed E-state index contributed by atoms with van der Waals surface area (Å²) in [5, 5.41) is 0. The van der Waals surface area contributed by atoms with Crippen molar-refractivity contribution in [2.24, 2.45) is 0 Å². The molecule has 0 bridgehead atoms. The summed E-state index contributed by atoms with van der Waals surface area (Å²) in [5.41, 5.74) is 0.736. The fourth-order valence-corrected chi connectivity index (χ4v) is 2.67. The lowest BCUT2D eigenvalue weighted by Crippen LogP contribution is -2.22. The van der Waals surface area contributed by atoms with Crippen LogP contribution in [0.15, 0.2) is 52.3 Å². The first-order chi connectivity index (χ1) is 10.4. The van der Waals surface area contributed by atoms with E-state index in [1.165, 1.54) is 18.4 Å². The summed E-state index contributed by atoms with van der Waals surface area (Å²) in [6.45, 7) is 2.83. The molecule has 0 atom stereocenters. The highest BCUT2D eigenvalue weighted by molar-refractivity contribution is 7.90. The van der Waals surface area contributed by atoms with Gasteiger partial charge in [0.05, 0.1) is 11.5 Å². The van der Waals surface area contributed by atoms with Crippen molar-refractivity contribution in [3.63, 3.8) is 0 Å². The number of hydrogen-bond donors (Lipinski definition) is 0. The summed E-state index contributed by atoms with van der Waals surface area (Å²) in [6, 6.07) is 9.95. The Morgan fingerprint density at radius 1 is 1.14 bits per heavy atom. The van der Waals surface area contributed by atoms with Crippen molar-refractivity contribution in [2.45, 2.75) is 24.8 Å². The van der Waals surface area contributed by atoms with E-state index in [-0.39, 0.29) is 10.5 Å². The van der Waals surface area contributed by atoms with Crippen LogP contribution in [0.3, 0.4) is 0 Å². The lowest BCUT2D eigenvalue weighted by Gasteiger charge is -2.08. The van der Waals surface area contributed by atoms with E-state index in [0.29, 0.717) is 25.3 Å². The van der Waals surface area contributed by atoms with E-state index >= 15 is 0 Å². The summed E-state index contributed by atoms with van der Waals surface area (Å²) in [4.78, 5) is 12.1. The molecule has 5 nitrogen and oxygen atoms in total. The third-order valence-electron chi connectivity index (χ3n) is 3.27. The molecule has 0 N–H and O–H groups in total. The zero-order valence-corrected chi connectivity index (χ0v) is 13.5. The molecule has 0 aliphatic rings. The molecule has 0 aliphatic carbocycles. The fraction of sp³-hybridized carbons (Fsp3) is 0.312. The highest BCUT2D eigenvalue weighted by atomic mass is 32.2. The van der Waals surface area contributed by atoms with Crippen LogP contribution in [0.25, 0.3) is 0 Å². The highest BCUT2D eigenvalue weighted by Gasteiger charge is 2.06. The molecule has 0 radical (unpaired) electrons. The van der Waals surface area contributed by atoms with E-state index in [1.807, 2.05) is 6.07 Å². The second kappa shape index (κ2) is 6.79. The van der Waals surface area contributed by atoms with E-state index in [2.05, 4.69) is 0 Å². The van der Waals surface area contributed by atoms with Crippen molar-refractivity contribution < 1.29 is 13.2 Å². The number of sulfone groups is 1. The second-order valence-electron chi connectivity index (χ2n) is 5.14. The number of aromatic nitrogens is 1. The summed E-state index contributed by atoms with van der Waals surface area (Å²) in [6.07, 6.45) is 3.62. The van der Waals surface area contributed by atoms with Crippen LogP contribution in [0.4, 0.5) is 0 Å². The molecule has 0 amide bonds. The minimum absolute atomic E-state index is 0.0139. The topological polar surface area (TPSA) is 65.4 Å². The number of nitrogens with zero attached hydrogens (tertiary/aromatic N) is 1. The molecule has 0 spiro atoms. The number of rotatable bonds is 6. The van der Waals surface area contributed by atoms with E-state index < -0.39 is 9.84 Å². The quantitative estimate of drug-likeness (QED) is 0.764. The van der Waals surface area contributed by atoms with Crippen molar-refractivity contribution in [1.29, 1.82) is 0 Å². The van der Waals surface area contributed by atoms with Crippen LogP contribution in [0.5, 0.6) is 5.75 Å². The number of aryl methyl sites for hydroxylation is 2. The average molecular weight is 321 g/mol. The Hall–Kier alpha value is -2.08. The lowest BCUT2D eigenvalue weighted by atomic mass is 10.3. The van der Waals surface area contributed by atoms with E-state index in [9.17, 15) is 13.2 Å². The van der Waals surface area contributed by atoms with Gasteiger partial charge in [-0.2, -0.15) is 0 Å². The van der Waals surface area contributed by atoms with Crippen molar-refractivity contribution in [1.82, 2.24) is 4.57 Å². The summed E-state index contributed by atoms with van der Waals surface area (Å²) < 4.78 is 29.9. The molecule has 0 saturated carbocycles. The Bertz CT molecular complexity index is 792. The van der Waals surface area contributed by atoms with Gasteiger partial charge in [0.25, 0.3) is 5.56 Å². The van der Waals surface area contributed by atoms with Crippen LogP contribution in [-0.2, 0) is 16.4 Å². The first-order valence-corrected chi connectivity index (χ1v) is 8.86. The number of ether oxygens (including phenoxy) is 1. The molecule has 1 aromatic carbocycles. The zero-order valence-electron chi connectivity index (χ0n) is 12.7. The largest absolute Gasteiger partial charge is 0.494 e. The van der Waals surface area contributed by atoms with Crippen molar-refractivity contribution in [3.05, 3.63) is 58.5 Å². The highest BCUT2D eigenvalue weighted by Crippen LogP contribution is 2.15. The molecule has 0 saturated heterocycles. The number of pyridine rings is 1. The molecule has 118 valence electrons. The average Bonchev–Trinajstić information content (AvgIpc) is 2.47. The van der Waals surface area contributed by atoms with Crippen molar-refractivity contribution in [3.8, 4) is 5.75 Å². The Morgan fingerprint density at radius 3 is 2.45 bits per heavy atom. The number of hydrogen-bond acceptors (Lipinski definition) is 4. The summed E-state index contributed by atoms with van der Waals surface area (Å²) in [7, 11) is -3.18. The first kappa shape index (κ1) is 16.3. The van der Waals surface area contributed by atoms with Crippen LogP contribution in [-0.4, -0.2) is 25.8 Å². The molecular formula is C16H19NO4S. The molecule has 2 aromatic rings. The third-order valence-corrected chi connectivity index (χ3v) is 4.40. The molecule has 0 fully saturated rings. The zero-order chi connectivity index (χ0) is 16.2. The Kier molecular flexibility index (Phi) is 5.03. The van der Waals surface area contributed by atoms with Crippen molar-refractivity contribution in [2.75, 3.05) is 12.9 Å². The van der Waals surface area contributed by atoms with Gasteiger partial charge in [-0.05, 0) is 43.7 Å². The molecule has 22 heavy (non-hydrogen) atoms. The molecule has 2 rings (SSSR count). The predicted octanol–water partition coefficient (Wildman–Crippen LogP) is 2.03. The molecule has 1 aromatic heterocycles. The lowest BCUT2D eigenvalue weighted by molar-refractivity contribution is 0.300. The minimum Gasteiger partial charge on any atom is -0.494 e.